The van der Waals surface area contributed by atoms with Crippen molar-refractivity contribution >= 4 is 22.1 Å². The summed E-state index contributed by atoms with van der Waals surface area (Å²) in [7, 11) is 6.35. The van der Waals surface area contributed by atoms with E-state index in [1.54, 1.807) is 39.8 Å². The van der Waals surface area contributed by atoms with E-state index in [0.717, 1.165) is 44.3 Å². The Kier molecular flexibility index (Phi) is 7.22. The van der Waals surface area contributed by atoms with Crippen LogP contribution in [0.15, 0.2) is 79.4 Å². The fourth-order valence-electron chi connectivity index (χ4n) is 4.47. The second kappa shape index (κ2) is 11.1. The molecule has 3 N–H and O–H groups in total. The molecule has 0 fully saturated rings. The SMILES string of the molecule is COc1cc(-c2c[nH]c3ncccc23)cc(OC)c1OC.COc1cc(-c2c[nH]c3ncccc23)ccc1O. The van der Waals surface area contributed by atoms with Crippen molar-refractivity contribution < 1.29 is 24.1 Å². The summed E-state index contributed by atoms with van der Waals surface area (Å²) >= 11 is 0. The molecule has 0 amide bonds. The first kappa shape index (κ1) is 25.5. The number of H-pyrrole nitrogens is 2. The predicted octanol–water partition coefficient (Wildman–Crippen LogP) is 6.20. The van der Waals surface area contributed by atoms with E-state index >= 15 is 0 Å². The molecule has 0 atom stereocenters. The molecular weight excluding hydrogens is 496 g/mol. The highest BCUT2D eigenvalue weighted by molar-refractivity contribution is 5.95. The molecule has 0 aliphatic rings. The molecule has 6 aromatic rings. The van der Waals surface area contributed by atoms with E-state index in [2.05, 4.69) is 19.9 Å². The van der Waals surface area contributed by atoms with E-state index in [-0.39, 0.29) is 5.75 Å². The van der Waals surface area contributed by atoms with E-state index < -0.39 is 0 Å². The highest BCUT2D eigenvalue weighted by atomic mass is 16.5. The van der Waals surface area contributed by atoms with Crippen LogP contribution >= 0.6 is 0 Å². The molecule has 2 aromatic carbocycles. The van der Waals surface area contributed by atoms with Crippen molar-refractivity contribution in [3.63, 3.8) is 0 Å². The lowest BCUT2D eigenvalue weighted by Gasteiger charge is -2.13. The Morgan fingerprint density at radius 3 is 1.64 bits per heavy atom. The van der Waals surface area contributed by atoms with Crippen molar-refractivity contribution in [1.82, 2.24) is 19.9 Å². The van der Waals surface area contributed by atoms with Gasteiger partial charge < -0.3 is 34.0 Å². The normalized spacial score (nSPS) is 10.7. The van der Waals surface area contributed by atoms with Crippen LogP contribution in [-0.2, 0) is 0 Å². The van der Waals surface area contributed by atoms with Crippen LogP contribution in [0.2, 0.25) is 0 Å². The van der Waals surface area contributed by atoms with Gasteiger partial charge in [-0.25, -0.2) is 9.97 Å². The zero-order chi connectivity index (χ0) is 27.4. The topological polar surface area (TPSA) is 115 Å². The van der Waals surface area contributed by atoms with Gasteiger partial charge in [0.15, 0.2) is 23.0 Å². The zero-order valence-electron chi connectivity index (χ0n) is 22.0. The summed E-state index contributed by atoms with van der Waals surface area (Å²) in [6, 6.07) is 17.0. The molecule has 0 unspecified atom stereocenters. The average molecular weight is 525 g/mol. The Bertz CT molecular complexity index is 1720. The van der Waals surface area contributed by atoms with Gasteiger partial charge in [-0.2, -0.15) is 0 Å². The molecule has 0 saturated carbocycles. The van der Waals surface area contributed by atoms with Crippen molar-refractivity contribution in [2.75, 3.05) is 28.4 Å². The van der Waals surface area contributed by atoms with Crippen molar-refractivity contribution in [2.45, 2.75) is 0 Å². The molecule has 0 aliphatic heterocycles. The second-order valence-electron chi connectivity index (χ2n) is 8.50. The van der Waals surface area contributed by atoms with Crippen LogP contribution in [0, 0.1) is 0 Å². The molecule has 4 heterocycles. The molecule has 9 nitrogen and oxygen atoms in total. The third kappa shape index (κ3) is 4.89. The van der Waals surface area contributed by atoms with E-state index in [0.29, 0.717) is 23.0 Å². The fraction of sp³-hybridized carbons (Fsp3) is 0.133. The van der Waals surface area contributed by atoms with Gasteiger partial charge in [-0.3, -0.25) is 0 Å². The molecule has 0 saturated heterocycles. The molecular formula is C30H28N4O5. The van der Waals surface area contributed by atoms with Gasteiger partial charge in [0.05, 0.1) is 28.4 Å². The molecule has 6 rings (SSSR count). The molecule has 0 spiro atoms. The first-order chi connectivity index (χ1) is 19.1. The zero-order valence-corrected chi connectivity index (χ0v) is 22.0. The van der Waals surface area contributed by atoms with Gasteiger partial charge in [-0.15, -0.1) is 0 Å². The number of fused-ring (bicyclic) bond motifs is 2. The Morgan fingerprint density at radius 1 is 0.615 bits per heavy atom. The Balaban J connectivity index is 0.000000160. The molecule has 4 aromatic heterocycles. The summed E-state index contributed by atoms with van der Waals surface area (Å²) in [6.07, 6.45) is 7.35. The Labute approximate surface area is 225 Å². The van der Waals surface area contributed by atoms with Crippen LogP contribution in [0.4, 0.5) is 0 Å². The number of hydrogen-bond acceptors (Lipinski definition) is 7. The number of phenols is 1. The lowest BCUT2D eigenvalue weighted by Crippen LogP contribution is -1.95. The summed E-state index contributed by atoms with van der Waals surface area (Å²) in [5.41, 5.74) is 5.72. The predicted molar refractivity (Wildman–Crippen MR) is 151 cm³/mol. The number of nitrogens with zero attached hydrogens (tertiary/aromatic N) is 2. The van der Waals surface area contributed by atoms with E-state index in [4.69, 9.17) is 18.9 Å². The van der Waals surface area contributed by atoms with E-state index in [1.807, 2.05) is 60.9 Å². The van der Waals surface area contributed by atoms with Gasteiger partial charge >= 0.3 is 0 Å². The number of rotatable bonds is 6. The van der Waals surface area contributed by atoms with E-state index in [9.17, 15) is 5.11 Å². The van der Waals surface area contributed by atoms with Crippen molar-refractivity contribution in [3.05, 3.63) is 79.4 Å². The van der Waals surface area contributed by atoms with Gasteiger partial charge in [0.2, 0.25) is 5.75 Å². The monoisotopic (exact) mass is 524 g/mol. The number of pyridine rings is 2. The van der Waals surface area contributed by atoms with Crippen LogP contribution < -0.4 is 18.9 Å². The second-order valence-corrected chi connectivity index (χ2v) is 8.50. The summed E-state index contributed by atoms with van der Waals surface area (Å²) in [6.45, 7) is 0. The highest BCUT2D eigenvalue weighted by Crippen LogP contribution is 2.42. The van der Waals surface area contributed by atoms with Crippen LogP contribution in [0.5, 0.6) is 28.7 Å². The maximum absolute atomic E-state index is 9.60. The van der Waals surface area contributed by atoms with Crippen LogP contribution in [0.1, 0.15) is 0 Å². The minimum atomic E-state index is 0.138. The van der Waals surface area contributed by atoms with Crippen molar-refractivity contribution in [1.29, 1.82) is 0 Å². The maximum atomic E-state index is 9.60. The van der Waals surface area contributed by atoms with Crippen molar-refractivity contribution in [3.8, 4) is 51.0 Å². The molecule has 39 heavy (non-hydrogen) atoms. The lowest BCUT2D eigenvalue weighted by atomic mass is 10.0. The number of phenolic OH excluding ortho intramolecular Hbond substituents is 1. The third-order valence-electron chi connectivity index (χ3n) is 6.37. The van der Waals surface area contributed by atoms with Gasteiger partial charge in [-0.05, 0) is 59.7 Å². The largest absolute Gasteiger partial charge is 0.504 e. The number of methoxy groups -OCH3 is 4. The minimum absolute atomic E-state index is 0.138. The van der Waals surface area contributed by atoms with Crippen LogP contribution in [0.25, 0.3) is 44.3 Å². The molecule has 198 valence electrons. The summed E-state index contributed by atoms with van der Waals surface area (Å²) in [4.78, 5) is 14.8. The minimum Gasteiger partial charge on any atom is -0.504 e. The standard InChI is InChI=1S/C16H16N2O3.C14H12N2O2/c1-19-13-7-10(8-14(20-2)15(13)21-3)12-9-18-16-11(12)5-4-6-17-16;1-18-13-7-9(4-5-12(13)17)11-8-16-14-10(11)3-2-6-15-14/h4-9H,1-3H3,(H,17,18);2-8,17H,1H3,(H,15,16). The molecule has 0 bridgehead atoms. The van der Waals surface area contributed by atoms with Crippen LogP contribution in [-0.4, -0.2) is 53.5 Å². The number of aromatic hydroxyl groups is 1. The first-order valence-electron chi connectivity index (χ1n) is 12.1. The van der Waals surface area contributed by atoms with Gasteiger partial charge in [0, 0.05) is 46.7 Å². The number of aromatic nitrogens is 4. The lowest BCUT2D eigenvalue weighted by molar-refractivity contribution is 0.324. The van der Waals surface area contributed by atoms with Gasteiger partial charge in [0.25, 0.3) is 0 Å². The maximum Gasteiger partial charge on any atom is 0.203 e. The van der Waals surface area contributed by atoms with Gasteiger partial charge in [-0.1, -0.05) is 6.07 Å². The summed E-state index contributed by atoms with van der Waals surface area (Å²) < 4.78 is 21.3. The summed E-state index contributed by atoms with van der Waals surface area (Å²) in [5, 5.41) is 11.7. The quantitative estimate of drug-likeness (QED) is 0.238. The molecule has 0 radical (unpaired) electrons. The smallest absolute Gasteiger partial charge is 0.203 e. The third-order valence-corrected chi connectivity index (χ3v) is 6.37. The molecule has 9 heteroatoms. The number of nitrogens with one attached hydrogen (secondary N) is 2. The average Bonchev–Trinajstić information content (AvgIpc) is 3.62. The number of aromatic amines is 2. The Morgan fingerprint density at radius 2 is 1.13 bits per heavy atom. The fourth-order valence-corrected chi connectivity index (χ4v) is 4.47. The highest BCUT2D eigenvalue weighted by Gasteiger charge is 2.16. The van der Waals surface area contributed by atoms with Crippen LogP contribution in [0.3, 0.4) is 0 Å². The van der Waals surface area contributed by atoms with E-state index in [1.165, 1.54) is 7.11 Å². The number of ether oxygens (including phenoxy) is 4. The summed E-state index contributed by atoms with van der Waals surface area (Å²) in [5.74, 6) is 2.45. The van der Waals surface area contributed by atoms with Crippen molar-refractivity contribution in [2.24, 2.45) is 0 Å². The number of benzene rings is 2. The Hall–Kier alpha value is -5.18. The number of hydrogen-bond donors (Lipinski definition) is 3. The first-order valence-corrected chi connectivity index (χ1v) is 12.1. The molecule has 0 aliphatic carbocycles. The van der Waals surface area contributed by atoms with Gasteiger partial charge in [0.1, 0.15) is 11.3 Å².